The van der Waals surface area contributed by atoms with Crippen LogP contribution in [-0.4, -0.2) is 5.78 Å². The summed E-state index contributed by atoms with van der Waals surface area (Å²) in [4.78, 5) is 11.0. The number of carbonyl (C=O) groups excluding carboxylic acids is 1. The van der Waals surface area contributed by atoms with Crippen molar-refractivity contribution in [3.05, 3.63) is 26.8 Å². The summed E-state index contributed by atoms with van der Waals surface area (Å²) in [6, 6.07) is 2.65. The van der Waals surface area contributed by atoms with Crippen LogP contribution in [0.25, 0.3) is 0 Å². The summed E-state index contributed by atoms with van der Waals surface area (Å²) < 4.78 is 25.4. The maximum atomic E-state index is 12.5. The Morgan fingerprint density at radius 2 is 2.07 bits per heavy atom. The van der Waals surface area contributed by atoms with Crippen molar-refractivity contribution >= 4 is 34.1 Å². The molecular weight excluding hydrogens is 303 g/mol. The van der Waals surface area contributed by atoms with E-state index >= 15 is 0 Å². The van der Waals surface area contributed by atoms with Gasteiger partial charge in [-0.3, -0.25) is 4.79 Å². The summed E-state index contributed by atoms with van der Waals surface area (Å²) in [6.45, 7) is 1.33. The third kappa shape index (κ3) is 2.20. The van der Waals surface area contributed by atoms with E-state index in [0.29, 0.717) is 3.57 Å². The molecule has 0 aliphatic rings. The van der Waals surface area contributed by atoms with Crippen molar-refractivity contribution in [1.82, 2.24) is 0 Å². The normalized spacial score (nSPS) is 10.6. The molecule has 76 valence electrons. The lowest BCUT2D eigenvalue weighted by Gasteiger charge is -2.08. The molecule has 0 saturated carbocycles. The van der Waals surface area contributed by atoms with E-state index in [2.05, 4.69) is 0 Å². The quantitative estimate of drug-likeness (QED) is 0.518. The summed E-state index contributed by atoms with van der Waals surface area (Å²) in [5.41, 5.74) is 5.49. The van der Waals surface area contributed by atoms with Gasteiger partial charge in [0.2, 0.25) is 0 Å². The van der Waals surface area contributed by atoms with Gasteiger partial charge in [0, 0.05) is 14.7 Å². The molecule has 0 radical (unpaired) electrons. The number of hydrogen-bond donors (Lipinski definition) is 1. The Labute approximate surface area is 93.6 Å². The Kier molecular flexibility index (Phi) is 3.41. The van der Waals surface area contributed by atoms with E-state index in [0.717, 1.165) is 6.07 Å². The maximum Gasteiger partial charge on any atom is 0.265 e. The molecule has 0 spiro atoms. The molecule has 1 rings (SSSR count). The Morgan fingerprint density at radius 3 is 2.50 bits per heavy atom. The van der Waals surface area contributed by atoms with Crippen LogP contribution in [0.1, 0.15) is 29.3 Å². The Bertz CT molecular complexity index is 379. The number of halogens is 3. The van der Waals surface area contributed by atoms with Crippen LogP contribution in [0.4, 0.5) is 14.5 Å². The molecule has 2 N–H and O–H groups in total. The number of Topliss-reactive ketones (excluding diaryl/α,β-unsaturated/α-hetero) is 1. The molecule has 0 aliphatic heterocycles. The van der Waals surface area contributed by atoms with Crippen LogP contribution in [0.15, 0.2) is 12.1 Å². The van der Waals surface area contributed by atoms with Crippen LogP contribution in [0, 0.1) is 3.57 Å². The zero-order valence-corrected chi connectivity index (χ0v) is 9.51. The molecule has 0 saturated heterocycles. The second-order valence-electron chi connectivity index (χ2n) is 2.82. The van der Waals surface area contributed by atoms with E-state index < -0.39 is 6.43 Å². The van der Waals surface area contributed by atoms with Gasteiger partial charge in [0.1, 0.15) is 0 Å². The van der Waals surface area contributed by atoms with Gasteiger partial charge < -0.3 is 5.73 Å². The molecule has 0 fully saturated rings. The number of benzene rings is 1. The van der Waals surface area contributed by atoms with Crippen LogP contribution >= 0.6 is 22.6 Å². The van der Waals surface area contributed by atoms with Crippen molar-refractivity contribution in [3.8, 4) is 0 Å². The molecule has 14 heavy (non-hydrogen) atoms. The predicted octanol–water partition coefficient (Wildman–Crippen LogP) is 3.01. The van der Waals surface area contributed by atoms with Gasteiger partial charge in [-0.1, -0.05) is 0 Å². The molecule has 2 nitrogen and oxygen atoms in total. The summed E-state index contributed by atoms with van der Waals surface area (Å²) in [5.74, 6) is -0.246. The van der Waals surface area contributed by atoms with Crippen molar-refractivity contribution in [3.63, 3.8) is 0 Å². The third-order valence-electron chi connectivity index (χ3n) is 1.80. The molecular formula is C9H8F2INO. The van der Waals surface area contributed by atoms with Crippen molar-refractivity contribution in [1.29, 1.82) is 0 Å². The Balaban J connectivity index is 3.35. The van der Waals surface area contributed by atoms with E-state index in [1.807, 2.05) is 22.6 Å². The topological polar surface area (TPSA) is 43.1 Å². The number of hydrogen-bond acceptors (Lipinski definition) is 2. The minimum absolute atomic E-state index is 0.0469. The smallest absolute Gasteiger partial charge is 0.265 e. The third-order valence-corrected chi connectivity index (χ3v) is 2.70. The SMILES string of the molecule is CC(=O)c1cc(I)c(N)c(C(F)F)c1. The molecule has 0 unspecified atom stereocenters. The highest BCUT2D eigenvalue weighted by molar-refractivity contribution is 14.1. The molecule has 0 aliphatic carbocycles. The predicted molar refractivity (Wildman–Crippen MR) is 58.5 cm³/mol. The number of ketones is 1. The zero-order valence-electron chi connectivity index (χ0n) is 7.35. The lowest BCUT2D eigenvalue weighted by Crippen LogP contribution is -2.02. The van der Waals surface area contributed by atoms with Crippen LogP contribution in [0.2, 0.25) is 0 Å². The minimum atomic E-state index is -2.65. The first-order valence-electron chi connectivity index (χ1n) is 3.81. The number of alkyl halides is 2. The van der Waals surface area contributed by atoms with Crippen LogP contribution in [0.3, 0.4) is 0 Å². The second kappa shape index (κ2) is 4.20. The standard InChI is InChI=1S/C9H8F2INO/c1-4(14)5-2-6(9(10)11)8(13)7(12)3-5/h2-3,9H,13H2,1H3. The Morgan fingerprint density at radius 1 is 1.50 bits per heavy atom. The van der Waals surface area contributed by atoms with Gasteiger partial charge in [0.05, 0.1) is 5.69 Å². The average Bonchev–Trinajstić information content (AvgIpc) is 2.08. The summed E-state index contributed by atoms with van der Waals surface area (Å²) in [6.07, 6.45) is -2.65. The highest BCUT2D eigenvalue weighted by Crippen LogP contribution is 2.30. The zero-order chi connectivity index (χ0) is 10.9. The molecule has 0 aromatic heterocycles. The monoisotopic (exact) mass is 311 g/mol. The fourth-order valence-corrected chi connectivity index (χ4v) is 1.67. The van der Waals surface area contributed by atoms with E-state index in [1.54, 1.807) is 0 Å². The average molecular weight is 311 g/mol. The van der Waals surface area contributed by atoms with Gasteiger partial charge in [-0.05, 0) is 41.6 Å². The van der Waals surface area contributed by atoms with Gasteiger partial charge in [-0.25, -0.2) is 8.78 Å². The first kappa shape index (κ1) is 11.4. The van der Waals surface area contributed by atoms with Crippen LogP contribution in [-0.2, 0) is 0 Å². The first-order chi connectivity index (χ1) is 6.43. The number of nitrogen functional groups attached to an aromatic ring is 1. The van der Waals surface area contributed by atoms with Gasteiger partial charge in [0.15, 0.2) is 5.78 Å². The summed E-state index contributed by atoms with van der Waals surface area (Å²) in [7, 11) is 0. The molecule has 1 aromatic carbocycles. The summed E-state index contributed by atoms with van der Waals surface area (Å²) >= 11 is 1.83. The first-order valence-corrected chi connectivity index (χ1v) is 4.89. The highest BCUT2D eigenvalue weighted by Gasteiger charge is 2.16. The van der Waals surface area contributed by atoms with Crippen LogP contribution in [0.5, 0.6) is 0 Å². The fraction of sp³-hybridized carbons (Fsp3) is 0.222. The van der Waals surface area contributed by atoms with E-state index in [9.17, 15) is 13.6 Å². The molecule has 1 aromatic rings. The lowest BCUT2D eigenvalue weighted by atomic mass is 10.1. The lowest BCUT2D eigenvalue weighted by molar-refractivity contribution is 0.101. The molecule has 0 atom stereocenters. The van der Waals surface area contributed by atoms with Gasteiger partial charge in [-0.2, -0.15) is 0 Å². The van der Waals surface area contributed by atoms with Crippen molar-refractivity contribution < 1.29 is 13.6 Å². The maximum absolute atomic E-state index is 12.5. The van der Waals surface area contributed by atoms with Crippen molar-refractivity contribution in [2.75, 3.05) is 5.73 Å². The number of rotatable bonds is 2. The fourth-order valence-electron chi connectivity index (χ4n) is 1.02. The summed E-state index contributed by atoms with van der Waals surface area (Å²) in [5, 5.41) is 0. The molecule has 0 amide bonds. The largest absolute Gasteiger partial charge is 0.397 e. The number of nitrogens with two attached hydrogens (primary N) is 1. The van der Waals surface area contributed by atoms with Gasteiger partial charge in [0.25, 0.3) is 6.43 Å². The van der Waals surface area contributed by atoms with E-state index in [-0.39, 0.29) is 22.6 Å². The van der Waals surface area contributed by atoms with Crippen LogP contribution < -0.4 is 5.73 Å². The minimum Gasteiger partial charge on any atom is -0.397 e. The van der Waals surface area contributed by atoms with E-state index in [1.165, 1.54) is 13.0 Å². The second-order valence-corrected chi connectivity index (χ2v) is 3.98. The van der Waals surface area contributed by atoms with Gasteiger partial charge >= 0.3 is 0 Å². The molecule has 0 heterocycles. The van der Waals surface area contributed by atoms with Crippen molar-refractivity contribution in [2.45, 2.75) is 13.3 Å². The van der Waals surface area contributed by atoms with Gasteiger partial charge in [-0.15, -0.1) is 0 Å². The Hall–Kier alpha value is -0.720. The van der Waals surface area contributed by atoms with Crippen molar-refractivity contribution in [2.24, 2.45) is 0 Å². The molecule has 5 heteroatoms. The number of anilines is 1. The van der Waals surface area contributed by atoms with E-state index in [4.69, 9.17) is 5.73 Å². The molecule has 0 bridgehead atoms. The highest BCUT2D eigenvalue weighted by atomic mass is 127. The number of carbonyl (C=O) groups is 1.